The summed E-state index contributed by atoms with van der Waals surface area (Å²) in [5.74, 6) is -0.354. The standard InChI is InChI=1S/C25H27BrN2O5/c1-3-5-6-10-13-33-22-20(26)15-17(16-21(22)32-4-2)14-19-23(29)27-25(31)28(24(19)30)18-11-8-7-9-12-18/h7-9,11-12,14-16H,3-6,10,13H2,1-2H3,(H,27,29,31)/b19-14-. The number of unbranched alkanes of at least 4 members (excludes halogenated alkanes) is 3. The molecule has 1 N–H and O–H groups in total. The molecule has 2 aromatic rings. The van der Waals surface area contributed by atoms with Gasteiger partial charge in [0.05, 0.1) is 23.4 Å². The zero-order valence-electron chi connectivity index (χ0n) is 18.7. The molecule has 0 atom stereocenters. The van der Waals surface area contributed by atoms with E-state index in [1.807, 2.05) is 6.92 Å². The molecule has 0 radical (unpaired) electrons. The number of halogens is 1. The molecule has 8 heteroatoms. The Morgan fingerprint density at radius 1 is 1.00 bits per heavy atom. The fraction of sp³-hybridized carbons (Fsp3) is 0.320. The zero-order chi connectivity index (χ0) is 23.8. The van der Waals surface area contributed by atoms with Crippen molar-refractivity contribution in [3.8, 4) is 11.5 Å². The molecular weight excluding hydrogens is 488 g/mol. The van der Waals surface area contributed by atoms with E-state index in [-0.39, 0.29) is 5.57 Å². The maximum Gasteiger partial charge on any atom is 0.335 e. The lowest BCUT2D eigenvalue weighted by molar-refractivity contribution is -0.122. The van der Waals surface area contributed by atoms with E-state index >= 15 is 0 Å². The Labute approximate surface area is 201 Å². The zero-order valence-corrected chi connectivity index (χ0v) is 20.3. The Bertz CT molecular complexity index is 1050. The van der Waals surface area contributed by atoms with E-state index in [1.54, 1.807) is 42.5 Å². The van der Waals surface area contributed by atoms with Gasteiger partial charge in [0.1, 0.15) is 5.57 Å². The molecule has 0 unspecified atom stereocenters. The summed E-state index contributed by atoms with van der Waals surface area (Å²) in [4.78, 5) is 38.8. The van der Waals surface area contributed by atoms with Crippen LogP contribution in [0.5, 0.6) is 11.5 Å². The molecule has 33 heavy (non-hydrogen) atoms. The highest BCUT2D eigenvalue weighted by molar-refractivity contribution is 9.10. The van der Waals surface area contributed by atoms with E-state index in [9.17, 15) is 14.4 Å². The number of urea groups is 1. The van der Waals surface area contributed by atoms with E-state index in [4.69, 9.17) is 9.47 Å². The van der Waals surface area contributed by atoms with Crippen LogP contribution in [0.1, 0.15) is 45.1 Å². The number of para-hydroxylation sites is 1. The Balaban J connectivity index is 1.89. The van der Waals surface area contributed by atoms with Gasteiger partial charge in [-0.15, -0.1) is 0 Å². The highest BCUT2D eigenvalue weighted by Crippen LogP contribution is 2.38. The van der Waals surface area contributed by atoms with Gasteiger partial charge in [-0.3, -0.25) is 14.9 Å². The number of benzene rings is 2. The highest BCUT2D eigenvalue weighted by atomic mass is 79.9. The molecule has 0 aromatic heterocycles. The average Bonchev–Trinajstić information content (AvgIpc) is 2.79. The van der Waals surface area contributed by atoms with Gasteiger partial charge in [0.2, 0.25) is 0 Å². The van der Waals surface area contributed by atoms with Crippen molar-refractivity contribution in [2.24, 2.45) is 0 Å². The first-order valence-corrected chi connectivity index (χ1v) is 11.8. The average molecular weight is 515 g/mol. The highest BCUT2D eigenvalue weighted by Gasteiger charge is 2.36. The van der Waals surface area contributed by atoms with E-state index in [2.05, 4.69) is 28.2 Å². The van der Waals surface area contributed by atoms with Gasteiger partial charge in [-0.05, 0) is 65.2 Å². The number of carbonyl (C=O) groups is 3. The molecule has 4 amide bonds. The molecule has 7 nitrogen and oxygen atoms in total. The quantitative estimate of drug-likeness (QED) is 0.258. The molecule has 1 aliphatic heterocycles. The molecule has 3 rings (SSSR count). The first-order valence-electron chi connectivity index (χ1n) is 11.0. The molecule has 1 saturated heterocycles. The first kappa shape index (κ1) is 24.5. The topological polar surface area (TPSA) is 84.9 Å². The van der Waals surface area contributed by atoms with E-state index < -0.39 is 17.8 Å². The molecule has 1 heterocycles. The summed E-state index contributed by atoms with van der Waals surface area (Å²) >= 11 is 3.52. The molecule has 1 aliphatic rings. The molecule has 0 spiro atoms. The number of hydrogen-bond acceptors (Lipinski definition) is 5. The monoisotopic (exact) mass is 514 g/mol. The van der Waals surface area contributed by atoms with Gasteiger partial charge in [0, 0.05) is 0 Å². The third-order valence-electron chi connectivity index (χ3n) is 5.00. The predicted molar refractivity (Wildman–Crippen MR) is 130 cm³/mol. The summed E-state index contributed by atoms with van der Waals surface area (Å²) in [6.07, 6.45) is 5.79. The van der Waals surface area contributed by atoms with Gasteiger partial charge in [-0.2, -0.15) is 0 Å². The smallest absolute Gasteiger partial charge is 0.335 e. The second kappa shape index (κ2) is 11.7. The molecule has 174 valence electrons. The van der Waals surface area contributed by atoms with Gasteiger partial charge >= 0.3 is 6.03 Å². The third-order valence-corrected chi connectivity index (χ3v) is 5.59. The van der Waals surface area contributed by atoms with E-state index in [0.717, 1.165) is 30.6 Å². The van der Waals surface area contributed by atoms with Crippen molar-refractivity contribution in [1.29, 1.82) is 0 Å². The number of imide groups is 2. The minimum atomic E-state index is -0.781. The summed E-state index contributed by atoms with van der Waals surface area (Å²) in [5, 5.41) is 2.23. The van der Waals surface area contributed by atoms with Crippen LogP contribution in [0, 0.1) is 0 Å². The Morgan fingerprint density at radius 3 is 2.45 bits per heavy atom. The van der Waals surface area contributed by atoms with Crippen LogP contribution in [0.15, 0.2) is 52.5 Å². The van der Waals surface area contributed by atoms with Crippen molar-refractivity contribution in [3.05, 3.63) is 58.1 Å². The number of ether oxygens (including phenoxy) is 2. The van der Waals surface area contributed by atoms with Crippen LogP contribution in [-0.2, 0) is 9.59 Å². The van der Waals surface area contributed by atoms with Gasteiger partial charge < -0.3 is 9.47 Å². The number of rotatable bonds is 10. The maximum absolute atomic E-state index is 13.0. The normalized spacial score (nSPS) is 15.1. The van der Waals surface area contributed by atoms with Crippen LogP contribution in [0.2, 0.25) is 0 Å². The Kier molecular flexibility index (Phi) is 8.65. The van der Waals surface area contributed by atoms with Crippen LogP contribution in [0.4, 0.5) is 10.5 Å². The van der Waals surface area contributed by atoms with Crippen molar-refractivity contribution in [3.63, 3.8) is 0 Å². The first-order chi connectivity index (χ1) is 16.0. The lowest BCUT2D eigenvalue weighted by Crippen LogP contribution is -2.54. The van der Waals surface area contributed by atoms with E-state index in [0.29, 0.717) is 40.4 Å². The molecule has 2 aromatic carbocycles. The molecular formula is C25H27BrN2O5. The summed E-state index contributed by atoms with van der Waals surface area (Å²) in [7, 11) is 0. The molecule has 0 aliphatic carbocycles. The van der Waals surface area contributed by atoms with Crippen LogP contribution < -0.4 is 19.7 Å². The largest absolute Gasteiger partial charge is 0.490 e. The Hall–Kier alpha value is -3.13. The number of amides is 4. The number of hydrogen-bond donors (Lipinski definition) is 1. The van der Waals surface area contributed by atoms with Gasteiger partial charge in [0.15, 0.2) is 11.5 Å². The minimum absolute atomic E-state index is 0.152. The lowest BCUT2D eigenvalue weighted by Gasteiger charge is -2.26. The summed E-state index contributed by atoms with van der Waals surface area (Å²) < 4.78 is 12.4. The second-order valence-electron chi connectivity index (χ2n) is 7.47. The van der Waals surface area contributed by atoms with Crippen LogP contribution in [-0.4, -0.2) is 31.1 Å². The van der Waals surface area contributed by atoms with Crippen molar-refractivity contribution in [2.45, 2.75) is 39.5 Å². The lowest BCUT2D eigenvalue weighted by atomic mass is 10.1. The third kappa shape index (κ3) is 6.01. The Morgan fingerprint density at radius 2 is 1.76 bits per heavy atom. The van der Waals surface area contributed by atoms with Crippen molar-refractivity contribution in [2.75, 3.05) is 18.1 Å². The molecule has 0 saturated carbocycles. The second-order valence-corrected chi connectivity index (χ2v) is 8.32. The maximum atomic E-state index is 13.0. The van der Waals surface area contributed by atoms with Crippen molar-refractivity contribution in [1.82, 2.24) is 5.32 Å². The fourth-order valence-electron chi connectivity index (χ4n) is 3.41. The van der Waals surface area contributed by atoms with E-state index in [1.165, 1.54) is 6.08 Å². The fourth-order valence-corrected chi connectivity index (χ4v) is 3.99. The summed E-state index contributed by atoms with van der Waals surface area (Å²) in [5.41, 5.74) is 0.784. The summed E-state index contributed by atoms with van der Waals surface area (Å²) in [6, 6.07) is 11.1. The van der Waals surface area contributed by atoms with Gasteiger partial charge in [-0.1, -0.05) is 44.4 Å². The molecule has 0 bridgehead atoms. The van der Waals surface area contributed by atoms with Crippen molar-refractivity contribution < 1.29 is 23.9 Å². The molecule has 1 fully saturated rings. The van der Waals surface area contributed by atoms with Crippen molar-refractivity contribution >= 4 is 45.5 Å². The van der Waals surface area contributed by atoms with Crippen LogP contribution in [0.3, 0.4) is 0 Å². The number of anilines is 1. The SMILES string of the molecule is CCCCCCOc1c(Br)cc(/C=C2/C(=O)NC(=O)N(c3ccccc3)C2=O)cc1OCC. The number of barbiturate groups is 1. The van der Waals surface area contributed by atoms with Gasteiger partial charge in [-0.25, -0.2) is 9.69 Å². The van der Waals surface area contributed by atoms with Crippen LogP contribution in [0.25, 0.3) is 6.08 Å². The predicted octanol–water partition coefficient (Wildman–Crippen LogP) is 5.47. The van der Waals surface area contributed by atoms with Crippen LogP contribution >= 0.6 is 15.9 Å². The summed E-state index contributed by atoms with van der Waals surface area (Å²) in [6.45, 7) is 5.01. The number of nitrogens with zero attached hydrogens (tertiary/aromatic N) is 1. The number of carbonyl (C=O) groups excluding carboxylic acids is 3. The van der Waals surface area contributed by atoms with Gasteiger partial charge in [0.25, 0.3) is 11.8 Å². The minimum Gasteiger partial charge on any atom is -0.490 e. The number of nitrogens with one attached hydrogen (secondary N) is 1.